The Morgan fingerprint density at radius 2 is 1.06 bits per heavy atom. The van der Waals surface area contributed by atoms with E-state index in [4.69, 9.17) is 0 Å². The van der Waals surface area contributed by atoms with Crippen molar-refractivity contribution in [1.82, 2.24) is 31.5 Å². The zero-order valence-electron chi connectivity index (χ0n) is 18.9. The second-order valence-corrected chi connectivity index (χ2v) is 12.9. The van der Waals surface area contributed by atoms with Crippen LogP contribution in [0, 0.1) is 0 Å². The second kappa shape index (κ2) is 11.1. The Labute approximate surface area is 194 Å². The van der Waals surface area contributed by atoms with Gasteiger partial charge in [0, 0.05) is 11.1 Å². The molecule has 1 rings (SSSR count). The Balaban J connectivity index is 2.55. The molecule has 0 spiro atoms. The van der Waals surface area contributed by atoms with E-state index in [1.807, 2.05) is 41.5 Å². The summed E-state index contributed by atoms with van der Waals surface area (Å²) in [5.41, 5.74) is -0.912. The minimum absolute atomic E-state index is 0.450. The first-order valence-electron chi connectivity index (χ1n) is 9.48. The molecule has 13 heteroatoms. The first-order valence-corrected chi connectivity index (χ1v) is 12.1. The van der Waals surface area contributed by atoms with Crippen molar-refractivity contribution < 1.29 is 19.2 Å². The molecule has 0 aliphatic heterocycles. The van der Waals surface area contributed by atoms with Gasteiger partial charge in [-0.2, -0.15) is 0 Å². The van der Waals surface area contributed by atoms with Crippen molar-refractivity contribution >= 4 is 58.7 Å². The van der Waals surface area contributed by atoms with Crippen LogP contribution in [-0.2, 0) is 9.59 Å². The molecule has 0 saturated carbocycles. The van der Waals surface area contributed by atoms with E-state index in [0.29, 0.717) is 8.68 Å². The van der Waals surface area contributed by atoms with Crippen LogP contribution in [0.2, 0.25) is 0 Å². The first kappa shape index (κ1) is 27.2. The van der Waals surface area contributed by atoms with Crippen molar-refractivity contribution in [2.24, 2.45) is 0 Å². The molecule has 0 aliphatic rings. The molecule has 0 aliphatic carbocycles. The lowest BCUT2D eigenvalue weighted by Gasteiger charge is -2.21. The third-order valence-corrected chi connectivity index (χ3v) is 6.42. The fourth-order valence-corrected chi connectivity index (χ4v) is 5.18. The molecule has 10 nitrogen and oxygen atoms in total. The molecule has 0 radical (unpaired) electrons. The highest BCUT2D eigenvalue weighted by molar-refractivity contribution is 8.04. The van der Waals surface area contributed by atoms with Crippen molar-refractivity contribution in [3.05, 3.63) is 0 Å². The third kappa shape index (κ3) is 11.4. The zero-order valence-corrected chi connectivity index (χ0v) is 21.4. The van der Waals surface area contributed by atoms with Crippen LogP contribution in [-0.4, -0.2) is 55.7 Å². The summed E-state index contributed by atoms with van der Waals surface area (Å²) in [4.78, 5) is 48.0. The number of thioether (sulfide) groups is 2. The number of urea groups is 2. The molecule has 0 bridgehead atoms. The summed E-state index contributed by atoms with van der Waals surface area (Å²) in [6.07, 6.45) is 0. The summed E-state index contributed by atoms with van der Waals surface area (Å²) in [5.74, 6) is -0.900. The average molecular weight is 491 g/mol. The van der Waals surface area contributed by atoms with Gasteiger partial charge in [-0.15, -0.1) is 10.2 Å². The van der Waals surface area contributed by atoms with Crippen LogP contribution < -0.4 is 21.3 Å². The van der Waals surface area contributed by atoms with Crippen LogP contribution in [0.15, 0.2) is 8.68 Å². The van der Waals surface area contributed by atoms with Gasteiger partial charge in [0.25, 0.3) is 0 Å². The predicted molar refractivity (Wildman–Crippen MR) is 123 cm³/mol. The maximum atomic E-state index is 12.2. The Morgan fingerprint density at radius 1 is 0.742 bits per heavy atom. The average Bonchev–Trinajstić information content (AvgIpc) is 2.97. The lowest BCUT2D eigenvalue weighted by Crippen LogP contribution is -2.49. The van der Waals surface area contributed by atoms with Gasteiger partial charge in [-0.3, -0.25) is 20.2 Å². The number of aromatic nitrogens is 2. The number of hydrogen-bond acceptors (Lipinski definition) is 9. The molecule has 1 heterocycles. The van der Waals surface area contributed by atoms with Gasteiger partial charge >= 0.3 is 12.1 Å². The molecule has 1 aromatic rings. The number of nitrogens with one attached hydrogen (secondary N) is 4. The number of nitrogens with zero attached hydrogens (tertiary/aromatic N) is 2. The van der Waals surface area contributed by atoms with E-state index >= 15 is 0 Å². The van der Waals surface area contributed by atoms with Crippen LogP contribution in [0.5, 0.6) is 0 Å². The summed E-state index contributed by atoms with van der Waals surface area (Å²) in [7, 11) is 0. The van der Waals surface area contributed by atoms with Crippen LogP contribution in [0.25, 0.3) is 0 Å². The van der Waals surface area contributed by atoms with Crippen LogP contribution >= 0.6 is 34.9 Å². The highest BCUT2D eigenvalue weighted by Gasteiger charge is 2.24. The number of amides is 6. The number of rotatable bonds is 6. The molecular weight excluding hydrogens is 460 g/mol. The maximum absolute atomic E-state index is 12.2. The molecule has 4 N–H and O–H groups in total. The molecule has 0 saturated heterocycles. The van der Waals surface area contributed by atoms with Crippen LogP contribution in [0.3, 0.4) is 0 Å². The van der Waals surface area contributed by atoms with Gasteiger partial charge < -0.3 is 10.6 Å². The minimum Gasteiger partial charge on any atom is -0.333 e. The number of imide groups is 2. The van der Waals surface area contributed by atoms with Gasteiger partial charge in [0.2, 0.25) is 11.8 Å². The van der Waals surface area contributed by atoms with Gasteiger partial charge in [-0.05, 0) is 55.4 Å². The summed E-state index contributed by atoms with van der Waals surface area (Å²) in [5, 5.41) is 16.8. The Bertz CT molecular complexity index is 751. The fraction of sp³-hybridized carbons (Fsp3) is 0.667. The molecular formula is C18H30N6O4S3. The molecule has 31 heavy (non-hydrogen) atoms. The topological polar surface area (TPSA) is 142 Å². The largest absolute Gasteiger partial charge is 0.333 e. The van der Waals surface area contributed by atoms with Crippen molar-refractivity contribution in [3.8, 4) is 0 Å². The van der Waals surface area contributed by atoms with Crippen molar-refractivity contribution in [1.29, 1.82) is 0 Å². The Morgan fingerprint density at radius 3 is 1.35 bits per heavy atom. The predicted octanol–water partition coefficient (Wildman–Crippen LogP) is 2.75. The second-order valence-electron chi connectivity index (χ2n) is 8.74. The lowest BCUT2D eigenvalue weighted by molar-refractivity contribution is -0.120. The first-order chi connectivity index (χ1) is 14.1. The Hall–Kier alpha value is -1.86. The summed E-state index contributed by atoms with van der Waals surface area (Å²) >= 11 is 3.54. The van der Waals surface area contributed by atoms with E-state index in [2.05, 4.69) is 31.5 Å². The fourth-order valence-electron chi connectivity index (χ4n) is 1.87. The van der Waals surface area contributed by atoms with Crippen LogP contribution in [0.4, 0.5) is 9.59 Å². The highest BCUT2D eigenvalue weighted by atomic mass is 32.2. The van der Waals surface area contributed by atoms with E-state index in [1.165, 1.54) is 11.3 Å². The molecule has 2 atom stereocenters. The van der Waals surface area contributed by atoms with Crippen molar-refractivity contribution in [2.75, 3.05) is 0 Å². The van der Waals surface area contributed by atoms with E-state index < -0.39 is 45.5 Å². The van der Waals surface area contributed by atoms with E-state index in [1.54, 1.807) is 13.8 Å². The third-order valence-electron chi connectivity index (χ3n) is 3.13. The van der Waals surface area contributed by atoms with Crippen molar-refractivity contribution in [3.63, 3.8) is 0 Å². The summed E-state index contributed by atoms with van der Waals surface area (Å²) < 4.78 is 1.05. The minimum atomic E-state index is -0.571. The number of carbonyl (C=O) groups excluding carboxylic acids is 4. The zero-order chi connectivity index (χ0) is 24.0. The summed E-state index contributed by atoms with van der Waals surface area (Å²) in [6, 6.07) is -1.12. The number of carbonyl (C=O) groups is 4. The summed E-state index contributed by atoms with van der Waals surface area (Å²) in [6.45, 7) is 14.2. The van der Waals surface area contributed by atoms with E-state index in [-0.39, 0.29) is 0 Å². The molecule has 0 aromatic carbocycles. The van der Waals surface area contributed by atoms with Crippen molar-refractivity contribution in [2.45, 2.75) is 85.6 Å². The van der Waals surface area contributed by atoms with Gasteiger partial charge in [0.1, 0.15) is 0 Å². The molecule has 1 aromatic heterocycles. The maximum Gasteiger partial charge on any atom is 0.321 e. The molecule has 2 unspecified atom stereocenters. The van der Waals surface area contributed by atoms with Gasteiger partial charge in [-0.1, -0.05) is 34.9 Å². The van der Waals surface area contributed by atoms with Gasteiger partial charge in [-0.25, -0.2) is 9.59 Å². The van der Waals surface area contributed by atoms with E-state index in [9.17, 15) is 19.2 Å². The standard InChI is InChI=1S/C18H30N6O4S3/c1-9(11(25)19-13(27)21-17(3,4)5)29-15-23-24-16(31-15)30-10(2)12(26)20-14(28)22-18(6,7)8/h9-10H,1-8H3,(H2,19,21,25,27)(H2,20,22,26,28). The number of hydrogen-bond donors (Lipinski definition) is 4. The SMILES string of the molecule is CC(Sc1nnc(SC(C)C(=O)NC(=O)NC(C)(C)C)s1)C(=O)NC(=O)NC(C)(C)C. The Kier molecular flexibility index (Phi) is 9.76. The van der Waals surface area contributed by atoms with Gasteiger partial charge in [0.15, 0.2) is 8.68 Å². The van der Waals surface area contributed by atoms with E-state index in [0.717, 1.165) is 23.5 Å². The molecule has 174 valence electrons. The smallest absolute Gasteiger partial charge is 0.321 e. The highest BCUT2D eigenvalue weighted by Crippen LogP contribution is 2.33. The molecule has 6 amide bonds. The normalized spacial score (nSPS) is 13.7. The van der Waals surface area contributed by atoms with Gasteiger partial charge in [0.05, 0.1) is 10.5 Å². The quantitative estimate of drug-likeness (QED) is 0.446. The monoisotopic (exact) mass is 490 g/mol. The lowest BCUT2D eigenvalue weighted by atomic mass is 10.1. The van der Waals surface area contributed by atoms with Crippen LogP contribution in [0.1, 0.15) is 55.4 Å². The molecule has 0 fully saturated rings.